The SMILES string of the molecule is CCN(c1cccc(F)c1C(C)=O)C1CCCC1. The van der Waals surface area contributed by atoms with Crippen molar-refractivity contribution >= 4 is 11.5 Å². The molecule has 0 N–H and O–H groups in total. The van der Waals surface area contributed by atoms with Crippen molar-refractivity contribution in [3.8, 4) is 0 Å². The van der Waals surface area contributed by atoms with Crippen LogP contribution in [0.25, 0.3) is 0 Å². The third-order valence-electron chi connectivity index (χ3n) is 3.76. The van der Waals surface area contributed by atoms with E-state index in [-0.39, 0.29) is 11.3 Å². The third-order valence-corrected chi connectivity index (χ3v) is 3.76. The number of nitrogens with zero attached hydrogens (tertiary/aromatic N) is 1. The molecule has 1 fully saturated rings. The number of ketones is 1. The van der Waals surface area contributed by atoms with Gasteiger partial charge in [0.2, 0.25) is 0 Å². The molecular formula is C15H20FNO. The van der Waals surface area contributed by atoms with E-state index in [0.29, 0.717) is 6.04 Å². The molecule has 2 nitrogen and oxygen atoms in total. The van der Waals surface area contributed by atoms with Gasteiger partial charge in [0.1, 0.15) is 5.82 Å². The van der Waals surface area contributed by atoms with Crippen molar-refractivity contribution in [3.05, 3.63) is 29.6 Å². The first kappa shape index (κ1) is 13.1. The number of halogens is 1. The van der Waals surface area contributed by atoms with Crippen LogP contribution in [0.3, 0.4) is 0 Å². The highest BCUT2D eigenvalue weighted by Crippen LogP contribution is 2.31. The first-order valence-corrected chi connectivity index (χ1v) is 6.71. The molecule has 0 atom stereocenters. The number of benzene rings is 1. The molecule has 0 unspecified atom stereocenters. The summed E-state index contributed by atoms with van der Waals surface area (Å²) in [5.74, 6) is -0.601. The molecule has 0 heterocycles. The number of carbonyl (C=O) groups is 1. The lowest BCUT2D eigenvalue weighted by atomic mass is 10.1. The molecule has 0 aliphatic heterocycles. The average molecular weight is 249 g/mol. The van der Waals surface area contributed by atoms with Crippen molar-refractivity contribution in [2.75, 3.05) is 11.4 Å². The number of rotatable bonds is 4. The van der Waals surface area contributed by atoms with E-state index in [1.807, 2.05) is 6.07 Å². The van der Waals surface area contributed by atoms with E-state index in [4.69, 9.17) is 0 Å². The highest BCUT2D eigenvalue weighted by molar-refractivity contribution is 6.00. The Morgan fingerprint density at radius 3 is 2.61 bits per heavy atom. The molecule has 3 heteroatoms. The Balaban J connectivity index is 2.41. The van der Waals surface area contributed by atoms with Crippen LogP contribution in [0, 0.1) is 5.82 Å². The van der Waals surface area contributed by atoms with Gasteiger partial charge in [-0.25, -0.2) is 4.39 Å². The summed E-state index contributed by atoms with van der Waals surface area (Å²) < 4.78 is 13.8. The van der Waals surface area contributed by atoms with Crippen LogP contribution < -0.4 is 4.90 Å². The smallest absolute Gasteiger partial charge is 0.164 e. The lowest BCUT2D eigenvalue weighted by Gasteiger charge is -2.31. The molecule has 0 amide bonds. The number of anilines is 1. The van der Waals surface area contributed by atoms with Crippen molar-refractivity contribution < 1.29 is 9.18 Å². The number of carbonyl (C=O) groups excluding carboxylic acids is 1. The summed E-state index contributed by atoms with van der Waals surface area (Å²) in [6, 6.07) is 5.37. The van der Waals surface area contributed by atoms with Crippen LogP contribution in [0.15, 0.2) is 18.2 Å². The Hall–Kier alpha value is -1.38. The summed E-state index contributed by atoms with van der Waals surface area (Å²) in [5, 5.41) is 0. The van der Waals surface area contributed by atoms with Gasteiger partial charge in [-0.15, -0.1) is 0 Å². The van der Waals surface area contributed by atoms with E-state index in [9.17, 15) is 9.18 Å². The lowest BCUT2D eigenvalue weighted by Crippen LogP contribution is -2.34. The zero-order chi connectivity index (χ0) is 13.1. The van der Waals surface area contributed by atoms with Gasteiger partial charge in [0.25, 0.3) is 0 Å². The van der Waals surface area contributed by atoms with Crippen molar-refractivity contribution in [3.63, 3.8) is 0 Å². The standard InChI is InChI=1S/C15H20FNO/c1-3-17(12-7-4-5-8-12)14-10-6-9-13(16)15(14)11(2)18/h6,9-10,12H,3-5,7-8H2,1-2H3. The Morgan fingerprint density at radius 1 is 1.39 bits per heavy atom. The summed E-state index contributed by atoms with van der Waals surface area (Å²) in [6.45, 7) is 4.31. The zero-order valence-corrected chi connectivity index (χ0v) is 11.1. The minimum atomic E-state index is -0.406. The normalized spacial score (nSPS) is 15.9. The van der Waals surface area contributed by atoms with Gasteiger partial charge in [-0.3, -0.25) is 4.79 Å². The largest absolute Gasteiger partial charge is 0.368 e. The lowest BCUT2D eigenvalue weighted by molar-refractivity contribution is 0.101. The first-order chi connectivity index (χ1) is 8.65. The highest BCUT2D eigenvalue weighted by atomic mass is 19.1. The van der Waals surface area contributed by atoms with Gasteiger partial charge in [-0.2, -0.15) is 0 Å². The van der Waals surface area contributed by atoms with E-state index >= 15 is 0 Å². The summed E-state index contributed by atoms with van der Waals surface area (Å²) in [5.41, 5.74) is 1.00. The molecule has 0 aromatic heterocycles. The van der Waals surface area contributed by atoms with Crippen LogP contribution in [-0.4, -0.2) is 18.4 Å². The molecule has 0 radical (unpaired) electrons. The highest BCUT2D eigenvalue weighted by Gasteiger charge is 2.25. The van der Waals surface area contributed by atoms with E-state index in [0.717, 1.165) is 25.1 Å². The fraction of sp³-hybridized carbons (Fsp3) is 0.533. The summed E-state index contributed by atoms with van der Waals surface area (Å²) in [6.07, 6.45) is 4.74. The van der Waals surface area contributed by atoms with Crippen LogP contribution in [0.2, 0.25) is 0 Å². The second-order valence-electron chi connectivity index (χ2n) is 4.91. The monoisotopic (exact) mass is 249 g/mol. The van der Waals surface area contributed by atoms with Crippen molar-refractivity contribution in [1.29, 1.82) is 0 Å². The average Bonchev–Trinajstić information content (AvgIpc) is 2.83. The molecule has 0 bridgehead atoms. The van der Waals surface area contributed by atoms with Crippen molar-refractivity contribution in [2.45, 2.75) is 45.6 Å². The van der Waals surface area contributed by atoms with E-state index in [1.54, 1.807) is 6.07 Å². The Labute approximate surface area is 108 Å². The predicted molar refractivity (Wildman–Crippen MR) is 71.7 cm³/mol. The second kappa shape index (κ2) is 5.51. The summed E-state index contributed by atoms with van der Waals surface area (Å²) in [7, 11) is 0. The molecule has 1 aromatic carbocycles. The maximum atomic E-state index is 13.8. The van der Waals surface area contributed by atoms with E-state index in [1.165, 1.54) is 25.8 Å². The molecule has 0 spiro atoms. The zero-order valence-electron chi connectivity index (χ0n) is 11.1. The quantitative estimate of drug-likeness (QED) is 0.756. The van der Waals surface area contributed by atoms with Gasteiger partial charge in [0, 0.05) is 12.6 Å². The van der Waals surface area contributed by atoms with Crippen LogP contribution in [-0.2, 0) is 0 Å². The molecule has 2 rings (SSSR count). The van der Waals surface area contributed by atoms with Crippen LogP contribution in [0.5, 0.6) is 0 Å². The minimum Gasteiger partial charge on any atom is -0.368 e. The Bertz CT molecular complexity index is 438. The number of hydrogen-bond acceptors (Lipinski definition) is 2. The van der Waals surface area contributed by atoms with Gasteiger partial charge in [-0.05, 0) is 38.8 Å². The van der Waals surface area contributed by atoms with Gasteiger partial charge in [0.05, 0.1) is 11.3 Å². The topological polar surface area (TPSA) is 20.3 Å². The second-order valence-corrected chi connectivity index (χ2v) is 4.91. The van der Waals surface area contributed by atoms with Gasteiger partial charge >= 0.3 is 0 Å². The van der Waals surface area contributed by atoms with E-state index in [2.05, 4.69) is 11.8 Å². The summed E-state index contributed by atoms with van der Waals surface area (Å²) in [4.78, 5) is 13.8. The Kier molecular flexibility index (Phi) is 4.00. The van der Waals surface area contributed by atoms with Crippen LogP contribution in [0.4, 0.5) is 10.1 Å². The van der Waals surface area contributed by atoms with Gasteiger partial charge in [-0.1, -0.05) is 18.9 Å². The fourth-order valence-electron chi connectivity index (χ4n) is 2.94. The molecule has 98 valence electrons. The third kappa shape index (κ3) is 2.40. The number of Topliss-reactive ketones (excluding diaryl/α,β-unsaturated/α-hetero) is 1. The van der Waals surface area contributed by atoms with Crippen LogP contribution >= 0.6 is 0 Å². The minimum absolute atomic E-state index is 0.195. The predicted octanol–water partition coefficient (Wildman–Crippen LogP) is 3.80. The molecular weight excluding hydrogens is 229 g/mol. The molecule has 1 aliphatic rings. The molecule has 1 saturated carbocycles. The Morgan fingerprint density at radius 2 is 2.06 bits per heavy atom. The number of hydrogen-bond donors (Lipinski definition) is 0. The maximum Gasteiger partial charge on any atom is 0.164 e. The van der Waals surface area contributed by atoms with Gasteiger partial charge < -0.3 is 4.90 Å². The van der Waals surface area contributed by atoms with Gasteiger partial charge in [0.15, 0.2) is 5.78 Å². The molecule has 1 aromatic rings. The molecule has 0 saturated heterocycles. The molecule has 1 aliphatic carbocycles. The fourth-order valence-corrected chi connectivity index (χ4v) is 2.94. The molecule has 18 heavy (non-hydrogen) atoms. The van der Waals surface area contributed by atoms with Crippen molar-refractivity contribution in [1.82, 2.24) is 0 Å². The van der Waals surface area contributed by atoms with E-state index < -0.39 is 5.82 Å². The maximum absolute atomic E-state index is 13.8. The van der Waals surface area contributed by atoms with Crippen molar-refractivity contribution in [2.24, 2.45) is 0 Å². The first-order valence-electron chi connectivity index (χ1n) is 6.71. The summed E-state index contributed by atoms with van der Waals surface area (Å²) >= 11 is 0. The van der Waals surface area contributed by atoms with Crippen LogP contribution in [0.1, 0.15) is 49.9 Å².